The minimum atomic E-state index is -0.699. The van der Waals surface area contributed by atoms with Gasteiger partial charge in [-0.25, -0.2) is 4.99 Å². The molecule has 186 valence electrons. The third-order valence-corrected chi connectivity index (χ3v) is 4.81. The fraction of sp³-hybridized carbons (Fsp3) is 0.409. The molecule has 0 aliphatic carbocycles. The van der Waals surface area contributed by atoms with Gasteiger partial charge in [-0.3, -0.25) is 24.9 Å². The number of carbonyl (C=O) groups excluding carboxylic acids is 2. The van der Waals surface area contributed by atoms with E-state index < -0.39 is 11.9 Å². The number of hydrogen-bond acceptors (Lipinski definition) is 8. The van der Waals surface area contributed by atoms with Crippen LogP contribution in [0.15, 0.2) is 50.6 Å². The summed E-state index contributed by atoms with van der Waals surface area (Å²) in [4.78, 5) is 35.1. The quantitative estimate of drug-likeness (QED) is 0.114. The third kappa shape index (κ3) is 10.9. The van der Waals surface area contributed by atoms with Crippen LogP contribution < -0.4 is 33.0 Å². The van der Waals surface area contributed by atoms with Crippen LogP contribution in [0.4, 0.5) is 0 Å². The van der Waals surface area contributed by atoms with Crippen molar-refractivity contribution in [1.82, 2.24) is 5.32 Å². The summed E-state index contributed by atoms with van der Waals surface area (Å²) >= 11 is 5.74. The number of Topliss-reactive ketones (excluding diaryl/α,β-unsaturated/α-hetero) is 1. The highest BCUT2D eigenvalue weighted by Crippen LogP contribution is 2.14. The molecule has 11 nitrogen and oxygen atoms in total. The number of aliphatic imine (C=N–C) groups is 3. The van der Waals surface area contributed by atoms with Crippen molar-refractivity contribution in [1.29, 1.82) is 0 Å². The molecule has 0 saturated heterocycles. The molecule has 9 N–H and O–H groups in total. The van der Waals surface area contributed by atoms with Crippen molar-refractivity contribution < 1.29 is 14.3 Å². The van der Waals surface area contributed by atoms with Gasteiger partial charge in [0.2, 0.25) is 0 Å². The first-order valence-corrected chi connectivity index (χ1v) is 11.0. The van der Waals surface area contributed by atoms with Crippen LogP contribution >= 0.6 is 11.6 Å². The highest BCUT2D eigenvalue weighted by atomic mass is 35.5. The molecule has 0 saturated carbocycles. The molecule has 0 aromatic heterocycles. The van der Waals surface area contributed by atoms with Crippen molar-refractivity contribution in [3.05, 3.63) is 41.2 Å². The second kappa shape index (κ2) is 15.4. The van der Waals surface area contributed by atoms with E-state index in [1.807, 2.05) is 24.3 Å². The molecule has 0 radical (unpaired) electrons. The van der Waals surface area contributed by atoms with Crippen molar-refractivity contribution in [2.24, 2.45) is 37.9 Å². The average Bonchev–Trinajstić information content (AvgIpc) is 2.82. The molecule has 0 spiro atoms. The van der Waals surface area contributed by atoms with Gasteiger partial charge in [-0.15, -0.1) is 0 Å². The van der Waals surface area contributed by atoms with E-state index in [0.717, 1.165) is 36.8 Å². The van der Waals surface area contributed by atoms with E-state index in [4.69, 9.17) is 39.3 Å². The molecule has 0 fully saturated rings. The molecule has 1 amide bonds. The number of amidine groups is 1. The predicted molar refractivity (Wildman–Crippen MR) is 136 cm³/mol. The Morgan fingerprint density at radius 3 is 2.47 bits per heavy atom. The summed E-state index contributed by atoms with van der Waals surface area (Å²) in [6.07, 6.45) is 3.98. The molecular weight excluding hydrogens is 460 g/mol. The van der Waals surface area contributed by atoms with Crippen molar-refractivity contribution in [2.75, 3.05) is 20.2 Å². The Hall–Kier alpha value is -3.44. The van der Waals surface area contributed by atoms with E-state index in [9.17, 15) is 9.59 Å². The summed E-state index contributed by atoms with van der Waals surface area (Å²) in [6.45, 7) is 2.28. The lowest BCUT2D eigenvalue weighted by Crippen LogP contribution is -2.45. The average molecular weight is 493 g/mol. The largest absolute Gasteiger partial charge is 0.494 e. The Morgan fingerprint density at radius 1 is 1.21 bits per heavy atom. The summed E-state index contributed by atoms with van der Waals surface area (Å²) in [5, 5.41) is 2.28. The highest BCUT2D eigenvalue weighted by Gasteiger charge is 2.17. The van der Waals surface area contributed by atoms with Gasteiger partial charge >= 0.3 is 0 Å². The van der Waals surface area contributed by atoms with Gasteiger partial charge in [0.15, 0.2) is 11.7 Å². The van der Waals surface area contributed by atoms with Crippen LogP contribution in [0.5, 0.6) is 5.75 Å². The normalized spacial score (nSPS) is 14.0. The van der Waals surface area contributed by atoms with Crippen LogP contribution in [-0.2, 0) is 16.0 Å². The van der Waals surface area contributed by atoms with Crippen LogP contribution in [0.1, 0.15) is 31.7 Å². The molecule has 1 rings (SSSR count). The molecule has 1 unspecified atom stereocenters. The molecule has 0 aliphatic rings. The van der Waals surface area contributed by atoms with E-state index in [1.165, 1.54) is 14.0 Å². The number of rotatable bonds is 13. The van der Waals surface area contributed by atoms with Crippen molar-refractivity contribution in [3.63, 3.8) is 0 Å². The summed E-state index contributed by atoms with van der Waals surface area (Å²) in [5.41, 5.74) is 23.3. The minimum absolute atomic E-state index is 0.0495. The molecular formula is C22H33ClN8O3. The number of hydrogen-bond donors (Lipinski definition) is 5. The molecule has 1 aromatic carbocycles. The highest BCUT2D eigenvalue weighted by molar-refractivity contribution is 6.67. The predicted octanol–water partition coefficient (Wildman–Crippen LogP) is 0.550. The number of nitrogens with zero attached hydrogens (tertiary/aromatic N) is 3. The van der Waals surface area contributed by atoms with E-state index >= 15 is 0 Å². The molecule has 0 aliphatic heterocycles. The fourth-order valence-electron chi connectivity index (χ4n) is 2.59. The maximum atomic E-state index is 12.3. The Labute approximate surface area is 204 Å². The van der Waals surface area contributed by atoms with E-state index in [1.54, 1.807) is 0 Å². The van der Waals surface area contributed by atoms with Gasteiger partial charge in [-0.1, -0.05) is 23.7 Å². The molecule has 0 bridgehead atoms. The van der Waals surface area contributed by atoms with Gasteiger partial charge in [-0.2, -0.15) is 0 Å². The number of amides is 1. The summed E-state index contributed by atoms with van der Waals surface area (Å²) < 4.78 is 5.61. The van der Waals surface area contributed by atoms with E-state index in [0.29, 0.717) is 19.6 Å². The number of carbonyl (C=O) groups is 2. The fourth-order valence-corrected chi connectivity index (χ4v) is 2.67. The number of ketones is 1. The number of benzene rings is 1. The number of aryl methyl sites for hydroxylation is 1. The van der Waals surface area contributed by atoms with Crippen LogP contribution in [0, 0.1) is 0 Å². The van der Waals surface area contributed by atoms with Gasteiger partial charge in [0.1, 0.15) is 22.5 Å². The molecule has 12 heteroatoms. The second-order valence-electron chi connectivity index (χ2n) is 7.24. The number of guanidine groups is 1. The first-order chi connectivity index (χ1) is 16.2. The zero-order valence-electron chi connectivity index (χ0n) is 19.5. The number of ether oxygens (including phenoxy) is 1. The van der Waals surface area contributed by atoms with Crippen LogP contribution in [-0.4, -0.2) is 55.4 Å². The standard InChI is InChI=1S/C22H33ClN8O3/c1-14(32)17(25)10-12-34-16-8-6-15(7-9-16)5-3-4-11-29-22(27)31-21(33)19(20(26)28-2)30-18(23)13-24/h6-9,13,17H,3-5,10-12,24-25H2,1-2H3,(H2,26,28)(H3,27,29,31,33)/b18-13+,30-19?. The SMILES string of the molecule is CN=C(N)C(=N/C(Cl)=C/N)C(=O)NC(N)=NCCCCc1ccc(OCCC(N)C(C)=O)cc1. The number of nitrogens with one attached hydrogen (secondary N) is 1. The Bertz CT molecular complexity index is 942. The lowest BCUT2D eigenvalue weighted by molar-refractivity contribution is -0.118. The number of nitrogens with two attached hydrogens (primary N) is 4. The number of unbranched alkanes of at least 4 members (excludes halogenated alkanes) is 1. The molecule has 1 atom stereocenters. The smallest absolute Gasteiger partial charge is 0.280 e. The lowest BCUT2D eigenvalue weighted by atomic mass is 10.1. The second-order valence-corrected chi connectivity index (χ2v) is 7.62. The van der Waals surface area contributed by atoms with Gasteiger partial charge in [0, 0.05) is 26.2 Å². The monoisotopic (exact) mass is 492 g/mol. The van der Waals surface area contributed by atoms with Gasteiger partial charge in [0.05, 0.1) is 12.6 Å². The third-order valence-electron chi connectivity index (χ3n) is 4.60. The Balaban J connectivity index is 2.43. The van der Waals surface area contributed by atoms with Crippen LogP contribution in [0.2, 0.25) is 0 Å². The summed E-state index contributed by atoms with van der Waals surface area (Å²) in [5.74, 6) is -0.212. The van der Waals surface area contributed by atoms with Gasteiger partial charge in [-0.05, 0) is 43.9 Å². The number of halogens is 1. The molecule has 1 aromatic rings. The van der Waals surface area contributed by atoms with E-state index in [-0.39, 0.29) is 28.4 Å². The maximum Gasteiger partial charge on any atom is 0.280 e. The first kappa shape index (κ1) is 28.6. The topological polar surface area (TPSA) is 197 Å². The van der Waals surface area contributed by atoms with Crippen LogP contribution in [0.25, 0.3) is 0 Å². The maximum absolute atomic E-state index is 12.3. The van der Waals surface area contributed by atoms with Gasteiger partial charge < -0.3 is 27.7 Å². The van der Waals surface area contributed by atoms with Crippen molar-refractivity contribution in [2.45, 2.75) is 38.6 Å². The zero-order valence-corrected chi connectivity index (χ0v) is 20.2. The Morgan fingerprint density at radius 2 is 1.88 bits per heavy atom. The molecule has 0 heterocycles. The zero-order chi connectivity index (χ0) is 25.5. The van der Waals surface area contributed by atoms with E-state index in [2.05, 4.69) is 20.3 Å². The summed E-state index contributed by atoms with van der Waals surface area (Å²) in [6, 6.07) is 7.25. The Kier molecular flexibility index (Phi) is 13.0. The van der Waals surface area contributed by atoms with Crippen molar-refractivity contribution in [3.8, 4) is 5.75 Å². The minimum Gasteiger partial charge on any atom is -0.494 e. The lowest BCUT2D eigenvalue weighted by Gasteiger charge is -2.10. The first-order valence-electron chi connectivity index (χ1n) is 10.7. The van der Waals surface area contributed by atoms with Crippen LogP contribution in [0.3, 0.4) is 0 Å². The van der Waals surface area contributed by atoms with Crippen molar-refractivity contribution >= 4 is 40.8 Å². The summed E-state index contributed by atoms with van der Waals surface area (Å²) in [7, 11) is 1.41. The molecule has 34 heavy (non-hydrogen) atoms. The van der Waals surface area contributed by atoms with Gasteiger partial charge in [0.25, 0.3) is 5.91 Å².